The van der Waals surface area contributed by atoms with Crippen molar-refractivity contribution in [3.8, 4) is 0 Å². The zero-order valence-electron chi connectivity index (χ0n) is 14.0. The van der Waals surface area contributed by atoms with E-state index in [9.17, 15) is 4.79 Å². The molecule has 0 aliphatic carbocycles. The number of esters is 1. The number of carbonyl (C=O) groups is 1. The van der Waals surface area contributed by atoms with Crippen LogP contribution in [-0.4, -0.2) is 21.0 Å². The number of rotatable bonds is 7. The lowest BCUT2D eigenvalue weighted by Crippen LogP contribution is -2.14. The second-order valence-corrected chi connectivity index (χ2v) is 6.70. The highest BCUT2D eigenvalue weighted by Crippen LogP contribution is 2.20. The molecule has 25 heavy (non-hydrogen) atoms. The number of hydrogen-bond acceptors (Lipinski definition) is 5. The van der Waals surface area contributed by atoms with Gasteiger partial charge in [-0.2, -0.15) is 0 Å². The van der Waals surface area contributed by atoms with Crippen molar-refractivity contribution in [3.05, 3.63) is 77.6 Å². The van der Waals surface area contributed by atoms with E-state index in [1.54, 1.807) is 18.0 Å². The van der Waals surface area contributed by atoms with Crippen molar-refractivity contribution in [2.24, 2.45) is 0 Å². The fraction of sp³-hybridized carbons (Fsp3) is 0.211. The van der Waals surface area contributed by atoms with E-state index in [0.717, 1.165) is 11.3 Å². The Morgan fingerprint density at radius 3 is 2.64 bits per heavy atom. The van der Waals surface area contributed by atoms with Gasteiger partial charge in [-0.15, -0.1) is 16.9 Å². The first-order chi connectivity index (χ1) is 12.2. The summed E-state index contributed by atoms with van der Waals surface area (Å²) in [6.45, 7) is 2.35. The molecular formula is C19H19N3O2S. The van der Waals surface area contributed by atoms with Crippen LogP contribution in [-0.2, 0) is 28.4 Å². The lowest BCUT2D eigenvalue weighted by atomic mass is 10.2. The van der Waals surface area contributed by atoms with Gasteiger partial charge in [-0.05, 0) is 24.6 Å². The standard InChI is InChI=1S/C19H19N3O2S/c1-15-7-9-16(10-8-15)13-24-19(23)12-22-11-17(20-21-22)14-25-18-5-3-2-4-6-18/h2-11H,12-14H2,1H3. The average Bonchev–Trinajstić information content (AvgIpc) is 3.08. The van der Waals surface area contributed by atoms with Crippen LogP contribution < -0.4 is 0 Å². The summed E-state index contributed by atoms with van der Waals surface area (Å²) in [6, 6.07) is 18.0. The molecule has 0 atom stereocenters. The van der Waals surface area contributed by atoms with E-state index in [1.807, 2.05) is 49.4 Å². The van der Waals surface area contributed by atoms with Gasteiger partial charge in [0.05, 0.1) is 5.69 Å². The van der Waals surface area contributed by atoms with Gasteiger partial charge < -0.3 is 4.74 Å². The average molecular weight is 353 g/mol. The van der Waals surface area contributed by atoms with Crippen LogP contribution >= 0.6 is 11.8 Å². The molecule has 0 unspecified atom stereocenters. The normalized spacial score (nSPS) is 10.6. The van der Waals surface area contributed by atoms with Gasteiger partial charge in [0.25, 0.3) is 0 Å². The number of ether oxygens (including phenoxy) is 1. The maximum Gasteiger partial charge on any atom is 0.328 e. The second kappa shape index (κ2) is 8.48. The first kappa shape index (κ1) is 17.2. The third kappa shape index (κ3) is 5.46. The molecule has 0 saturated carbocycles. The first-order valence-electron chi connectivity index (χ1n) is 7.97. The van der Waals surface area contributed by atoms with Crippen LogP contribution in [0, 0.1) is 6.92 Å². The third-order valence-electron chi connectivity index (χ3n) is 3.53. The molecule has 0 aliphatic heterocycles. The van der Waals surface area contributed by atoms with Gasteiger partial charge in [0.15, 0.2) is 0 Å². The third-order valence-corrected chi connectivity index (χ3v) is 4.57. The van der Waals surface area contributed by atoms with Crippen molar-refractivity contribution in [1.29, 1.82) is 0 Å². The molecule has 6 heteroatoms. The number of benzene rings is 2. The summed E-state index contributed by atoms with van der Waals surface area (Å²) in [7, 11) is 0. The predicted molar refractivity (Wildman–Crippen MR) is 97.0 cm³/mol. The number of nitrogens with zero attached hydrogens (tertiary/aromatic N) is 3. The molecular weight excluding hydrogens is 334 g/mol. The monoisotopic (exact) mass is 353 g/mol. The molecule has 5 nitrogen and oxygen atoms in total. The Labute approximate surface area is 151 Å². The van der Waals surface area contributed by atoms with Crippen molar-refractivity contribution < 1.29 is 9.53 Å². The van der Waals surface area contributed by atoms with Gasteiger partial charge in [0.1, 0.15) is 13.2 Å². The van der Waals surface area contributed by atoms with E-state index in [1.165, 1.54) is 15.1 Å². The molecule has 0 bridgehead atoms. The van der Waals surface area contributed by atoms with Crippen molar-refractivity contribution in [1.82, 2.24) is 15.0 Å². The maximum atomic E-state index is 11.9. The van der Waals surface area contributed by atoms with E-state index in [2.05, 4.69) is 22.4 Å². The van der Waals surface area contributed by atoms with E-state index in [-0.39, 0.29) is 19.1 Å². The van der Waals surface area contributed by atoms with Crippen molar-refractivity contribution in [2.75, 3.05) is 0 Å². The smallest absolute Gasteiger partial charge is 0.328 e. The lowest BCUT2D eigenvalue weighted by molar-refractivity contribution is -0.145. The van der Waals surface area contributed by atoms with Crippen LogP contribution in [0.5, 0.6) is 0 Å². The minimum absolute atomic E-state index is 0.0644. The molecule has 0 amide bonds. The molecule has 1 heterocycles. The summed E-state index contributed by atoms with van der Waals surface area (Å²) in [4.78, 5) is 13.1. The highest BCUT2D eigenvalue weighted by molar-refractivity contribution is 7.98. The Bertz CT molecular complexity index is 816. The highest BCUT2D eigenvalue weighted by atomic mass is 32.2. The molecule has 2 aromatic carbocycles. The van der Waals surface area contributed by atoms with Crippen LogP contribution in [0.2, 0.25) is 0 Å². The molecule has 0 radical (unpaired) electrons. The second-order valence-electron chi connectivity index (χ2n) is 5.66. The predicted octanol–water partition coefficient (Wildman–Crippen LogP) is 3.62. The topological polar surface area (TPSA) is 57.0 Å². The fourth-order valence-electron chi connectivity index (χ4n) is 2.18. The number of thioether (sulfide) groups is 1. The summed E-state index contributed by atoms with van der Waals surface area (Å²) < 4.78 is 6.79. The minimum Gasteiger partial charge on any atom is -0.459 e. The van der Waals surface area contributed by atoms with E-state index in [4.69, 9.17) is 4.74 Å². The number of carbonyl (C=O) groups excluding carboxylic acids is 1. The summed E-state index contributed by atoms with van der Waals surface area (Å²) in [6.07, 6.45) is 1.78. The summed E-state index contributed by atoms with van der Waals surface area (Å²) in [5.41, 5.74) is 2.98. The minimum atomic E-state index is -0.326. The molecule has 0 spiro atoms. The summed E-state index contributed by atoms with van der Waals surface area (Å²) >= 11 is 1.68. The summed E-state index contributed by atoms with van der Waals surface area (Å²) in [5.74, 6) is 0.385. The van der Waals surface area contributed by atoms with Crippen molar-refractivity contribution in [3.63, 3.8) is 0 Å². The number of hydrogen-bond donors (Lipinski definition) is 0. The van der Waals surface area contributed by atoms with Crippen molar-refractivity contribution in [2.45, 2.75) is 30.7 Å². The van der Waals surface area contributed by atoms with Crippen LogP contribution in [0.1, 0.15) is 16.8 Å². The van der Waals surface area contributed by atoms with Crippen LogP contribution in [0.25, 0.3) is 0 Å². The van der Waals surface area contributed by atoms with E-state index in [0.29, 0.717) is 5.75 Å². The van der Waals surface area contributed by atoms with Crippen LogP contribution in [0.3, 0.4) is 0 Å². The van der Waals surface area contributed by atoms with Crippen molar-refractivity contribution >= 4 is 17.7 Å². The SMILES string of the molecule is Cc1ccc(COC(=O)Cn2cc(CSc3ccccc3)nn2)cc1. The largest absolute Gasteiger partial charge is 0.459 e. The van der Waals surface area contributed by atoms with Crippen LogP contribution in [0.4, 0.5) is 0 Å². The zero-order valence-corrected chi connectivity index (χ0v) is 14.8. The van der Waals surface area contributed by atoms with Gasteiger partial charge in [-0.1, -0.05) is 53.2 Å². The first-order valence-corrected chi connectivity index (χ1v) is 8.95. The zero-order chi connectivity index (χ0) is 17.5. The Morgan fingerprint density at radius 2 is 1.88 bits per heavy atom. The van der Waals surface area contributed by atoms with Gasteiger partial charge in [-0.25, -0.2) is 4.68 Å². The molecule has 3 aromatic rings. The molecule has 128 valence electrons. The maximum absolute atomic E-state index is 11.9. The quantitative estimate of drug-likeness (QED) is 0.480. The Hall–Kier alpha value is -2.60. The Kier molecular flexibility index (Phi) is 5.85. The fourth-order valence-corrected chi connectivity index (χ4v) is 2.98. The lowest BCUT2D eigenvalue weighted by Gasteiger charge is -2.05. The van der Waals surface area contributed by atoms with Gasteiger partial charge in [0, 0.05) is 16.8 Å². The van der Waals surface area contributed by atoms with Crippen LogP contribution in [0.15, 0.2) is 65.7 Å². The molecule has 0 aliphatic rings. The van der Waals surface area contributed by atoms with E-state index >= 15 is 0 Å². The van der Waals surface area contributed by atoms with Gasteiger partial charge in [0.2, 0.25) is 0 Å². The highest BCUT2D eigenvalue weighted by Gasteiger charge is 2.08. The number of aromatic nitrogens is 3. The Balaban J connectivity index is 1.45. The molecule has 3 rings (SSSR count). The summed E-state index contributed by atoms with van der Waals surface area (Å²) in [5, 5.41) is 8.08. The molecule has 0 N–H and O–H groups in total. The van der Waals surface area contributed by atoms with Gasteiger partial charge >= 0.3 is 5.97 Å². The number of aryl methyl sites for hydroxylation is 1. The Morgan fingerprint density at radius 1 is 1.12 bits per heavy atom. The van der Waals surface area contributed by atoms with Gasteiger partial charge in [-0.3, -0.25) is 4.79 Å². The molecule has 1 aromatic heterocycles. The molecule has 0 saturated heterocycles. The molecule has 0 fully saturated rings. The van der Waals surface area contributed by atoms with E-state index < -0.39 is 0 Å².